The van der Waals surface area contributed by atoms with Crippen LogP contribution in [0.3, 0.4) is 0 Å². The molecule has 0 heterocycles. The molecule has 0 aliphatic heterocycles. The van der Waals surface area contributed by atoms with Crippen molar-refractivity contribution in [2.75, 3.05) is 13.2 Å². The number of aliphatic carboxylic acids is 2. The highest BCUT2D eigenvalue weighted by Gasteiger charge is 2.14. The van der Waals surface area contributed by atoms with Crippen LogP contribution in [0.15, 0.2) is 25.3 Å². The van der Waals surface area contributed by atoms with Crippen molar-refractivity contribution in [1.29, 1.82) is 0 Å². The molecule has 0 rings (SSSR count). The molecule has 0 aliphatic carbocycles. The molecule has 9 heteroatoms. The monoisotopic (exact) mass is 312 g/mol. The maximum absolute atomic E-state index is 9.25. The lowest BCUT2D eigenvalue weighted by Crippen LogP contribution is -2.26. The minimum absolute atomic E-state index is 0.00694. The van der Waals surface area contributed by atoms with E-state index in [4.69, 9.17) is 35.7 Å². The molecule has 0 saturated heterocycles. The Morgan fingerprint density at radius 2 is 1.19 bits per heavy atom. The Labute approximate surface area is 122 Å². The van der Waals surface area contributed by atoms with Crippen LogP contribution in [0.4, 0.5) is 0 Å². The smallest absolute Gasteiger partial charge is 0.327 e. The molecule has 0 aromatic heterocycles. The lowest BCUT2D eigenvalue weighted by Gasteiger charge is -2.10. The largest absolute Gasteiger partial charge is 0.478 e. The highest BCUT2D eigenvalue weighted by molar-refractivity contribution is 5.79. The average molecular weight is 312 g/mol. The number of hydrogen-bond donors (Lipinski definition) is 7. The summed E-state index contributed by atoms with van der Waals surface area (Å²) in [6.07, 6.45) is 2.23. The van der Waals surface area contributed by atoms with E-state index < -0.39 is 17.9 Å². The van der Waals surface area contributed by atoms with Gasteiger partial charge in [0, 0.05) is 18.6 Å². The zero-order valence-corrected chi connectivity index (χ0v) is 11.8. The SMILES string of the molecule is C=CC(=O)O.C=CC(=O)O.CCCC(O)(O)O.OCCO. The summed E-state index contributed by atoms with van der Waals surface area (Å²) in [5, 5.41) is 54.8. The third kappa shape index (κ3) is 92.0. The number of carboxylic acids is 2. The Hall–Kier alpha value is -1.78. The summed E-state index contributed by atoms with van der Waals surface area (Å²) in [6, 6.07) is 0. The molecule has 0 radical (unpaired) electrons. The molecule has 21 heavy (non-hydrogen) atoms. The Kier molecular flexibility index (Phi) is 26.9. The van der Waals surface area contributed by atoms with E-state index in [9.17, 15) is 9.59 Å². The van der Waals surface area contributed by atoms with Gasteiger partial charge in [-0.05, 0) is 6.42 Å². The van der Waals surface area contributed by atoms with Crippen LogP contribution in [0, 0.1) is 0 Å². The van der Waals surface area contributed by atoms with Crippen LogP contribution < -0.4 is 0 Å². The summed E-state index contributed by atoms with van der Waals surface area (Å²) in [7, 11) is 0. The predicted molar refractivity (Wildman–Crippen MR) is 74.1 cm³/mol. The van der Waals surface area contributed by atoms with E-state index >= 15 is 0 Å². The molecule has 0 bridgehead atoms. The highest BCUT2D eigenvalue weighted by Crippen LogP contribution is 2.01. The molecule has 7 N–H and O–H groups in total. The second kappa shape index (κ2) is 20.5. The number of rotatable bonds is 5. The molecule has 9 nitrogen and oxygen atoms in total. The molecule has 0 atom stereocenters. The van der Waals surface area contributed by atoms with E-state index in [2.05, 4.69) is 13.2 Å². The van der Waals surface area contributed by atoms with E-state index in [0.717, 1.165) is 12.2 Å². The van der Waals surface area contributed by atoms with Gasteiger partial charge in [0.15, 0.2) is 0 Å². The van der Waals surface area contributed by atoms with E-state index in [1.165, 1.54) is 0 Å². The molecular formula is C12H24O9. The van der Waals surface area contributed by atoms with Crippen LogP contribution in [0.2, 0.25) is 0 Å². The number of carboxylic acid groups (broad SMARTS) is 2. The fourth-order valence-corrected chi connectivity index (χ4v) is 0.335. The number of aliphatic hydroxyl groups excluding tert-OH is 2. The van der Waals surface area contributed by atoms with Crippen molar-refractivity contribution in [3.05, 3.63) is 25.3 Å². The second-order valence-corrected chi connectivity index (χ2v) is 3.06. The van der Waals surface area contributed by atoms with Gasteiger partial charge in [-0.15, -0.1) is 0 Å². The van der Waals surface area contributed by atoms with Crippen LogP contribution in [-0.4, -0.2) is 66.9 Å². The van der Waals surface area contributed by atoms with E-state index in [1.54, 1.807) is 6.92 Å². The van der Waals surface area contributed by atoms with Gasteiger partial charge in [-0.1, -0.05) is 20.1 Å². The Balaban J connectivity index is -0.0000000939. The van der Waals surface area contributed by atoms with Crippen LogP contribution in [0.5, 0.6) is 0 Å². The van der Waals surface area contributed by atoms with Crippen LogP contribution >= 0.6 is 0 Å². The molecule has 0 aromatic rings. The van der Waals surface area contributed by atoms with Gasteiger partial charge >= 0.3 is 11.9 Å². The molecule has 0 aliphatic rings. The third-order valence-electron chi connectivity index (χ3n) is 1.03. The molecule has 0 unspecified atom stereocenters. The molecule has 0 amide bonds. The van der Waals surface area contributed by atoms with Crippen molar-refractivity contribution in [2.24, 2.45) is 0 Å². The van der Waals surface area contributed by atoms with Crippen LogP contribution in [0.25, 0.3) is 0 Å². The second-order valence-electron chi connectivity index (χ2n) is 3.06. The van der Waals surface area contributed by atoms with Crippen LogP contribution in [0.1, 0.15) is 19.8 Å². The lowest BCUT2D eigenvalue weighted by atomic mass is 10.3. The van der Waals surface area contributed by atoms with Gasteiger partial charge in [0.25, 0.3) is 5.97 Å². The van der Waals surface area contributed by atoms with E-state index in [-0.39, 0.29) is 19.6 Å². The summed E-state index contributed by atoms with van der Waals surface area (Å²) in [5.41, 5.74) is 0. The van der Waals surface area contributed by atoms with Crippen LogP contribution in [-0.2, 0) is 9.59 Å². The lowest BCUT2D eigenvalue weighted by molar-refractivity contribution is -0.314. The fourth-order valence-electron chi connectivity index (χ4n) is 0.335. The standard InChI is InChI=1S/C4H10O3.2C3H4O2.C2H6O2/c1-2-3-4(5,6)7;2*1-2-3(4)5;3-1-2-4/h5-7H,2-3H2,1H3;2*2H,1H2,(H,4,5);3-4H,1-2H2. The van der Waals surface area contributed by atoms with Gasteiger partial charge in [0.1, 0.15) is 0 Å². The predicted octanol–water partition coefficient (Wildman–Crippen LogP) is -1.10. The topological polar surface area (TPSA) is 176 Å². The first-order chi connectivity index (χ1) is 9.51. The van der Waals surface area contributed by atoms with Gasteiger partial charge < -0.3 is 35.7 Å². The summed E-state index contributed by atoms with van der Waals surface area (Å²) in [5.74, 6) is -4.41. The zero-order valence-electron chi connectivity index (χ0n) is 11.8. The Morgan fingerprint density at radius 1 is 0.952 bits per heavy atom. The van der Waals surface area contributed by atoms with Crippen molar-refractivity contribution >= 4 is 11.9 Å². The van der Waals surface area contributed by atoms with Gasteiger partial charge in [-0.3, -0.25) is 0 Å². The van der Waals surface area contributed by atoms with Crippen molar-refractivity contribution < 1.29 is 45.3 Å². The minimum Gasteiger partial charge on any atom is -0.478 e. The normalized spacial score (nSPS) is 8.48. The summed E-state index contributed by atoms with van der Waals surface area (Å²) in [4.78, 5) is 18.5. The third-order valence-corrected chi connectivity index (χ3v) is 1.03. The molecule has 0 aromatic carbocycles. The van der Waals surface area contributed by atoms with E-state index in [0.29, 0.717) is 6.42 Å². The number of aliphatic hydroxyl groups is 5. The van der Waals surface area contributed by atoms with Gasteiger partial charge in [0.2, 0.25) is 0 Å². The maximum atomic E-state index is 9.25. The highest BCUT2D eigenvalue weighted by atomic mass is 16.7. The van der Waals surface area contributed by atoms with Gasteiger partial charge in [-0.25, -0.2) is 9.59 Å². The summed E-state index contributed by atoms with van der Waals surface area (Å²) < 4.78 is 0. The first kappa shape index (κ1) is 27.5. The summed E-state index contributed by atoms with van der Waals surface area (Å²) in [6.45, 7) is 7.42. The fraction of sp³-hybridized carbons (Fsp3) is 0.500. The van der Waals surface area contributed by atoms with Gasteiger partial charge in [0.05, 0.1) is 13.2 Å². The van der Waals surface area contributed by atoms with Gasteiger partial charge in [-0.2, -0.15) is 0 Å². The average Bonchev–Trinajstić information content (AvgIpc) is 2.39. The Bertz CT molecular complexity index is 248. The van der Waals surface area contributed by atoms with E-state index in [1.807, 2.05) is 0 Å². The quantitative estimate of drug-likeness (QED) is 0.245. The van der Waals surface area contributed by atoms with Crippen molar-refractivity contribution in [3.8, 4) is 0 Å². The first-order valence-corrected chi connectivity index (χ1v) is 5.61. The molecule has 0 fully saturated rings. The first-order valence-electron chi connectivity index (χ1n) is 5.61. The zero-order chi connectivity index (χ0) is 17.9. The molecule has 126 valence electrons. The van der Waals surface area contributed by atoms with Crippen molar-refractivity contribution in [2.45, 2.75) is 25.7 Å². The molecular weight excluding hydrogens is 288 g/mol. The maximum Gasteiger partial charge on any atom is 0.327 e. The number of carbonyl (C=O) groups is 2. The molecule has 0 spiro atoms. The van der Waals surface area contributed by atoms with Crippen molar-refractivity contribution in [3.63, 3.8) is 0 Å². The minimum atomic E-state index is -2.45. The Morgan fingerprint density at radius 3 is 1.19 bits per heavy atom. The van der Waals surface area contributed by atoms with Crippen molar-refractivity contribution in [1.82, 2.24) is 0 Å². The summed E-state index contributed by atoms with van der Waals surface area (Å²) >= 11 is 0. The number of hydrogen-bond acceptors (Lipinski definition) is 7. The molecule has 0 saturated carbocycles.